The largest absolute Gasteiger partial charge is 0.497 e. The molecule has 0 heterocycles. The van der Waals surface area contributed by atoms with Gasteiger partial charge in [0.05, 0.1) is 25.5 Å². The Kier molecular flexibility index (Phi) is 7.53. The second-order valence-electron chi connectivity index (χ2n) is 6.46. The summed E-state index contributed by atoms with van der Waals surface area (Å²) in [6.45, 7) is 2.16. The number of carbonyl (C=O) groups excluding carboxylic acids is 2. The van der Waals surface area contributed by atoms with E-state index in [2.05, 4.69) is 10.5 Å². The van der Waals surface area contributed by atoms with E-state index >= 15 is 0 Å². The van der Waals surface area contributed by atoms with E-state index < -0.39 is 17.7 Å². The van der Waals surface area contributed by atoms with Gasteiger partial charge in [0.1, 0.15) is 11.6 Å². The molecule has 164 valence electrons. The number of esters is 1. The molecule has 0 aromatic heterocycles. The van der Waals surface area contributed by atoms with Gasteiger partial charge in [0.25, 0.3) is 5.91 Å². The molecule has 0 saturated heterocycles. The predicted molar refractivity (Wildman–Crippen MR) is 117 cm³/mol. The maximum atomic E-state index is 13.0. The number of methoxy groups -OCH3 is 1. The zero-order chi connectivity index (χ0) is 22.9. The first-order chi connectivity index (χ1) is 15.5. The van der Waals surface area contributed by atoms with Crippen LogP contribution in [0.5, 0.6) is 17.2 Å². The fraction of sp³-hybridized carbons (Fsp3) is 0.125. The number of rotatable bonds is 8. The fourth-order valence-corrected chi connectivity index (χ4v) is 2.67. The molecular weight excluding hydrogens is 415 g/mol. The molecule has 3 rings (SSSR count). The number of benzene rings is 3. The van der Waals surface area contributed by atoms with Gasteiger partial charge in [0.2, 0.25) is 0 Å². The smallest absolute Gasteiger partial charge is 0.343 e. The van der Waals surface area contributed by atoms with Crippen molar-refractivity contribution in [2.24, 2.45) is 5.10 Å². The minimum absolute atomic E-state index is 0.250. The molecular formula is C24H21FN2O5. The number of ether oxygens (including phenoxy) is 3. The summed E-state index contributed by atoms with van der Waals surface area (Å²) in [5, 5.41) is 3.90. The first-order valence-corrected chi connectivity index (χ1v) is 9.72. The number of nitrogens with one attached hydrogen (secondary N) is 1. The quantitative estimate of drug-likeness (QED) is 0.247. The summed E-state index contributed by atoms with van der Waals surface area (Å²) in [6, 6.07) is 16.5. The topological polar surface area (TPSA) is 86.2 Å². The molecule has 3 aromatic carbocycles. The normalized spacial score (nSPS) is 10.6. The van der Waals surface area contributed by atoms with Crippen molar-refractivity contribution < 1.29 is 28.2 Å². The summed E-state index contributed by atoms with van der Waals surface area (Å²) in [4.78, 5) is 24.5. The zero-order valence-electron chi connectivity index (χ0n) is 17.5. The van der Waals surface area contributed by atoms with Gasteiger partial charge < -0.3 is 14.2 Å². The van der Waals surface area contributed by atoms with Crippen LogP contribution in [0.3, 0.4) is 0 Å². The van der Waals surface area contributed by atoms with Gasteiger partial charge in [-0.3, -0.25) is 4.79 Å². The third kappa shape index (κ3) is 5.91. The van der Waals surface area contributed by atoms with Gasteiger partial charge in [-0.2, -0.15) is 5.10 Å². The Morgan fingerprint density at radius 2 is 1.66 bits per heavy atom. The fourth-order valence-electron chi connectivity index (χ4n) is 2.67. The lowest BCUT2D eigenvalue weighted by Crippen LogP contribution is -2.17. The van der Waals surface area contributed by atoms with E-state index in [0.29, 0.717) is 29.2 Å². The SMILES string of the molecule is CCOc1cc(/C=N/NC(=O)c2ccc(F)cc2)ccc1OC(=O)c1ccc(OC)cc1. The molecule has 8 heteroatoms. The van der Waals surface area contributed by atoms with Crippen molar-refractivity contribution in [2.75, 3.05) is 13.7 Å². The van der Waals surface area contributed by atoms with Gasteiger partial charge in [-0.25, -0.2) is 14.6 Å². The van der Waals surface area contributed by atoms with Crippen LogP contribution in [0.25, 0.3) is 0 Å². The molecule has 0 spiro atoms. The predicted octanol–water partition coefficient (Wildman–Crippen LogP) is 4.22. The Morgan fingerprint density at radius 3 is 2.31 bits per heavy atom. The van der Waals surface area contributed by atoms with Crippen molar-refractivity contribution in [1.29, 1.82) is 0 Å². The Balaban J connectivity index is 1.69. The maximum Gasteiger partial charge on any atom is 0.343 e. The van der Waals surface area contributed by atoms with Gasteiger partial charge in [0.15, 0.2) is 11.5 Å². The van der Waals surface area contributed by atoms with Crippen LogP contribution in [0.1, 0.15) is 33.2 Å². The third-order valence-corrected chi connectivity index (χ3v) is 4.28. The maximum absolute atomic E-state index is 13.0. The molecule has 0 aliphatic heterocycles. The van der Waals surface area contributed by atoms with E-state index in [1.165, 1.54) is 30.5 Å². The zero-order valence-corrected chi connectivity index (χ0v) is 17.5. The highest BCUT2D eigenvalue weighted by atomic mass is 19.1. The van der Waals surface area contributed by atoms with E-state index in [-0.39, 0.29) is 11.3 Å². The number of hydrogen-bond donors (Lipinski definition) is 1. The molecule has 7 nitrogen and oxygen atoms in total. The van der Waals surface area contributed by atoms with Crippen molar-refractivity contribution in [1.82, 2.24) is 5.43 Å². The number of hydrazone groups is 1. The Bertz CT molecular complexity index is 1110. The lowest BCUT2D eigenvalue weighted by atomic mass is 10.2. The highest BCUT2D eigenvalue weighted by Crippen LogP contribution is 2.29. The first-order valence-electron chi connectivity index (χ1n) is 9.72. The molecule has 0 aliphatic rings. The van der Waals surface area contributed by atoms with E-state index in [4.69, 9.17) is 14.2 Å². The van der Waals surface area contributed by atoms with Gasteiger partial charge in [-0.05, 0) is 79.2 Å². The van der Waals surface area contributed by atoms with Crippen LogP contribution < -0.4 is 19.6 Å². The lowest BCUT2D eigenvalue weighted by Gasteiger charge is -2.11. The van der Waals surface area contributed by atoms with Crippen LogP contribution in [0.2, 0.25) is 0 Å². The van der Waals surface area contributed by atoms with E-state index in [0.717, 1.165) is 0 Å². The summed E-state index contributed by atoms with van der Waals surface area (Å²) in [7, 11) is 1.54. The molecule has 0 aliphatic carbocycles. The molecule has 0 bridgehead atoms. The van der Waals surface area contributed by atoms with Crippen LogP contribution in [-0.4, -0.2) is 31.8 Å². The summed E-state index contributed by atoms with van der Waals surface area (Å²) in [5.41, 5.74) is 3.62. The highest BCUT2D eigenvalue weighted by molar-refractivity contribution is 5.95. The van der Waals surface area contributed by atoms with E-state index in [9.17, 15) is 14.0 Å². The molecule has 0 unspecified atom stereocenters. The van der Waals surface area contributed by atoms with Crippen LogP contribution in [0, 0.1) is 5.82 Å². The Morgan fingerprint density at radius 1 is 0.969 bits per heavy atom. The van der Waals surface area contributed by atoms with Crippen molar-refractivity contribution >= 4 is 18.1 Å². The Hall–Kier alpha value is -4.20. The first kappa shape index (κ1) is 22.5. The van der Waals surface area contributed by atoms with Gasteiger partial charge in [-0.1, -0.05) is 0 Å². The number of amides is 1. The second kappa shape index (κ2) is 10.7. The molecule has 32 heavy (non-hydrogen) atoms. The van der Waals surface area contributed by atoms with Crippen LogP contribution in [-0.2, 0) is 0 Å². The van der Waals surface area contributed by atoms with Crippen LogP contribution >= 0.6 is 0 Å². The number of nitrogens with zero attached hydrogens (tertiary/aromatic N) is 1. The van der Waals surface area contributed by atoms with Gasteiger partial charge >= 0.3 is 5.97 Å². The van der Waals surface area contributed by atoms with Gasteiger partial charge in [-0.15, -0.1) is 0 Å². The minimum atomic E-state index is -0.540. The van der Waals surface area contributed by atoms with Crippen LogP contribution in [0.15, 0.2) is 71.8 Å². The summed E-state index contributed by atoms with van der Waals surface area (Å²) >= 11 is 0. The van der Waals surface area contributed by atoms with Gasteiger partial charge in [0, 0.05) is 5.56 Å². The monoisotopic (exact) mass is 436 g/mol. The average molecular weight is 436 g/mol. The summed E-state index contributed by atoms with van der Waals surface area (Å²) in [5.74, 6) is -0.214. The van der Waals surface area contributed by atoms with Crippen molar-refractivity contribution in [2.45, 2.75) is 6.92 Å². The van der Waals surface area contributed by atoms with E-state index in [1.54, 1.807) is 56.5 Å². The molecule has 0 atom stereocenters. The van der Waals surface area contributed by atoms with Crippen molar-refractivity contribution in [3.8, 4) is 17.2 Å². The number of carbonyl (C=O) groups is 2. The highest BCUT2D eigenvalue weighted by Gasteiger charge is 2.13. The lowest BCUT2D eigenvalue weighted by molar-refractivity contribution is 0.0728. The summed E-state index contributed by atoms with van der Waals surface area (Å²) in [6.07, 6.45) is 1.42. The van der Waals surface area contributed by atoms with Crippen molar-refractivity contribution in [3.05, 3.63) is 89.2 Å². The number of halogens is 1. The summed E-state index contributed by atoms with van der Waals surface area (Å²) < 4.78 is 29.1. The van der Waals surface area contributed by atoms with Crippen molar-refractivity contribution in [3.63, 3.8) is 0 Å². The molecule has 3 aromatic rings. The third-order valence-electron chi connectivity index (χ3n) is 4.28. The standard InChI is InChI=1S/C24H21FN2O5/c1-3-31-22-14-16(15-26-27-23(28)17-5-9-19(25)10-6-17)4-13-21(22)32-24(29)18-7-11-20(30-2)12-8-18/h4-15H,3H2,1-2H3,(H,27,28)/b26-15+. The number of hydrogen-bond acceptors (Lipinski definition) is 6. The Labute approximate surface area is 184 Å². The molecule has 1 N–H and O–H groups in total. The van der Waals surface area contributed by atoms with E-state index in [1.807, 2.05) is 0 Å². The minimum Gasteiger partial charge on any atom is -0.497 e. The molecule has 0 radical (unpaired) electrons. The second-order valence-corrected chi connectivity index (χ2v) is 6.46. The van der Waals surface area contributed by atoms with Crippen LogP contribution in [0.4, 0.5) is 4.39 Å². The molecule has 0 fully saturated rings. The average Bonchev–Trinajstić information content (AvgIpc) is 2.81. The molecule has 1 amide bonds. The molecule has 0 saturated carbocycles.